The average molecular weight is 381 g/mol. The molecule has 0 spiro atoms. The molecule has 0 aliphatic carbocycles. The number of carboxylic acid groups (broad SMARTS) is 1. The molecule has 1 aromatic rings. The molecule has 0 unspecified atom stereocenters. The van der Waals surface area contributed by atoms with Crippen molar-refractivity contribution in [1.82, 2.24) is 0 Å². The number of carbonyl (C=O) groups is 1. The molecule has 3 heteroatoms. The minimum atomic E-state index is -0.862. The van der Waals surface area contributed by atoms with Crippen LogP contribution in [0.3, 0.4) is 0 Å². The van der Waals surface area contributed by atoms with Gasteiger partial charge >= 0.3 is 5.97 Å². The molecule has 0 aliphatic heterocycles. The van der Waals surface area contributed by atoms with Crippen molar-refractivity contribution in [3.8, 4) is 0 Å². The van der Waals surface area contributed by atoms with Gasteiger partial charge in [-0.2, -0.15) is 0 Å². The van der Waals surface area contributed by atoms with E-state index in [0.29, 0.717) is 10.6 Å². The van der Waals surface area contributed by atoms with Crippen molar-refractivity contribution in [2.24, 2.45) is 0 Å². The Morgan fingerprint density at radius 2 is 1.04 bits per heavy atom. The van der Waals surface area contributed by atoms with Gasteiger partial charge in [0.05, 0.1) is 10.6 Å². The van der Waals surface area contributed by atoms with Gasteiger partial charge in [-0.05, 0) is 73.6 Å². The van der Waals surface area contributed by atoms with Gasteiger partial charge in [0, 0.05) is 0 Å². The Bertz CT molecular complexity index is 578. The lowest BCUT2D eigenvalue weighted by Gasteiger charge is -2.23. The maximum atomic E-state index is 12.1. The summed E-state index contributed by atoms with van der Waals surface area (Å²) in [5, 5.41) is 10.4. The Hall–Kier alpha value is -1.02. The van der Waals surface area contributed by atoms with Gasteiger partial charge in [0.25, 0.3) is 0 Å². The van der Waals surface area contributed by atoms with Gasteiger partial charge in [-0.25, -0.2) is 4.79 Å². The summed E-state index contributed by atoms with van der Waals surface area (Å²) in [5.74, 6) is -0.862. The van der Waals surface area contributed by atoms with Crippen LogP contribution in [-0.4, -0.2) is 11.1 Å². The number of unbranched alkanes of at least 4 members (excludes halogenated alkanes) is 4. The quantitative estimate of drug-likeness (QED) is 0.386. The van der Waals surface area contributed by atoms with Crippen molar-refractivity contribution in [2.45, 2.75) is 105 Å². The molecule has 1 N–H and O–H groups in total. The Morgan fingerprint density at radius 1 is 0.692 bits per heavy atom. The summed E-state index contributed by atoms with van der Waals surface area (Å²) < 4.78 is 0. The molecule has 0 radical (unpaired) electrons. The average Bonchev–Trinajstić information content (AvgIpc) is 2.62. The third kappa shape index (κ3) is 6.01. The van der Waals surface area contributed by atoms with E-state index in [1.54, 1.807) is 0 Å². The molecular formula is C23H37ClO2. The van der Waals surface area contributed by atoms with E-state index in [-0.39, 0.29) is 0 Å². The Kier molecular flexibility index (Phi) is 11.0. The molecule has 26 heavy (non-hydrogen) atoms. The second-order valence-electron chi connectivity index (χ2n) is 7.32. The zero-order valence-electron chi connectivity index (χ0n) is 17.2. The molecule has 0 saturated carbocycles. The van der Waals surface area contributed by atoms with Crippen molar-refractivity contribution in [3.63, 3.8) is 0 Å². The van der Waals surface area contributed by atoms with Gasteiger partial charge in [0.1, 0.15) is 0 Å². The highest BCUT2D eigenvalue weighted by Crippen LogP contribution is 2.36. The van der Waals surface area contributed by atoms with E-state index in [9.17, 15) is 9.90 Å². The normalized spacial score (nSPS) is 11.1. The van der Waals surface area contributed by atoms with Crippen molar-refractivity contribution in [3.05, 3.63) is 32.8 Å². The van der Waals surface area contributed by atoms with Crippen molar-refractivity contribution in [2.75, 3.05) is 0 Å². The van der Waals surface area contributed by atoms with E-state index in [1.165, 1.54) is 11.1 Å². The maximum Gasteiger partial charge on any atom is 0.337 e. The van der Waals surface area contributed by atoms with Crippen LogP contribution < -0.4 is 0 Å². The van der Waals surface area contributed by atoms with Crippen LogP contribution in [0.2, 0.25) is 5.02 Å². The second-order valence-corrected chi connectivity index (χ2v) is 7.70. The van der Waals surface area contributed by atoms with E-state index in [1.807, 2.05) is 0 Å². The highest BCUT2D eigenvalue weighted by Gasteiger charge is 2.25. The first kappa shape index (κ1) is 23.0. The van der Waals surface area contributed by atoms with Crippen LogP contribution in [0, 0.1) is 0 Å². The summed E-state index contributed by atoms with van der Waals surface area (Å²) >= 11 is 6.73. The Labute approximate surface area is 165 Å². The fraction of sp³-hybridized carbons (Fsp3) is 0.696. The molecule has 0 amide bonds. The number of benzene rings is 1. The highest BCUT2D eigenvalue weighted by atomic mass is 35.5. The molecule has 0 aromatic heterocycles. The summed E-state index contributed by atoms with van der Waals surface area (Å²) in [7, 11) is 0. The lowest BCUT2D eigenvalue weighted by atomic mass is 9.83. The number of hydrogen-bond acceptors (Lipinski definition) is 1. The first-order valence-corrected chi connectivity index (χ1v) is 11.0. The topological polar surface area (TPSA) is 37.3 Å². The fourth-order valence-electron chi connectivity index (χ4n) is 3.71. The molecule has 0 fully saturated rings. The summed E-state index contributed by atoms with van der Waals surface area (Å²) in [4.78, 5) is 12.1. The van der Waals surface area contributed by atoms with Gasteiger partial charge < -0.3 is 5.11 Å². The standard InChI is InChI=1S/C23H37ClO2/c1-5-9-13-17-18(14-10-6-2)20(16-12-8-4)22(24)21(23(25)26)19(17)15-11-7-3/h5-16H2,1-4H3,(H,25,26). The summed E-state index contributed by atoms with van der Waals surface area (Å²) in [6.45, 7) is 8.73. The maximum absolute atomic E-state index is 12.1. The van der Waals surface area contributed by atoms with Crippen LogP contribution >= 0.6 is 11.6 Å². The zero-order chi connectivity index (χ0) is 19.5. The minimum absolute atomic E-state index is 0.387. The predicted octanol–water partition coefficient (Wildman–Crippen LogP) is 7.41. The predicted molar refractivity (Wildman–Crippen MR) is 113 cm³/mol. The van der Waals surface area contributed by atoms with E-state index >= 15 is 0 Å². The number of aromatic carboxylic acids is 1. The van der Waals surface area contributed by atoms with E-state index in [0.717, 1.165) is 88.2 Å². The van der Waals surface area contributed by atoms with Crippen LogP contribution in [0.1, 0.15) is 112 Å². The number of rotatable bonds is 13. The lowest BCUT2D eigenvalue weighted by molar-refractivity contribution is 0.0695. The van der Waals surface area contributed by atoms with Crippen molar-refractivity contribution in [1.29, 1.82) is 0 Å². The summed E-state index contributed by atoms with van der Waals surface area (Å²) in [5.41, 5.74) is 5.20. The first-order valence-electron chi connectivity index (χ1n) is 10.6. The van der Waals surface area contributed by atoms with Crippen LogP contribution in [0.4, 0.5) is 0 Å². The molecule has 1 rings (SSSR count). The van der Waals surface area contributed by atoms with Gasteiger partial charge in [0.2, 0.25) is 0 Å². The number of carboxylic acids is 1. The zero-order valence-corrected chi connectivity index (χ0v) is 18.0. The minimum Gasteiger partial charge on any atom is -0.478 e. The molecular weight excluding hydrogens is 344 g/mol. The first-order chi connectivity index (χ1) is 12.5. The SMILES string of the molecule is CCCCc1c(Cl)c(C(=O)O)c(CCCC)c(CCCC)c1CCCC. The van der Waals surface area contributed by atoms with Gasteiger partial charge in [0.15, 0.2) is 0 Å². The van der Waals surface area contributed by atoms with Crippen molar-refractivity contribution >= 4 is 17.6 Å². The van der Waals surface area contributed by atoms with Gasteiger partial charge in [-0.1, -0.05) is 65.0 Å². The fourth-order valence-corrected chi connectivity index (χ4v) is 4.11. The van der Waals surface area contributed by atoms with Gasteiger partial charge in [-0.15, -0.1) is 0 Å². The third-order valence-electron chi connectivity index (χ3n) is 5.21. The smallest absolute Gasteiger partial charge is 0.337 e. The van der Waals surface area contributed by atoms with Crippen LogP contribution in [0.15, 0.2) is 0 Å². The monoisotopic (exact) mass is 380 g/mol. The molecule has 148 valence electrons. The molecule has 2 nitrogen and oxygen atoms in total. The van der Waals surface area contributed by atoms with Crippen LogP contribution in [-0.2, 0) is 25.7 Å². The molecule has 0 aliphatic rings. The van der Waals surface area contributed by atoms with E-state index in [4.69, 9.17) is 11.6 Å². The third-order valence-corrected chi connectivity index (χ3v) is 5.63. The van der Waals surface area contributed by atoms with Crippen LogP contribution in [0.5, 0.6) is 0 Å². The van der Waals surface area contributed by atoms with E-state index < -0.39 is 5.97 Å². The second kappa shape index (κ2) is 12.4. The van der Waals surface area contributed by atoms with E-state index in [2.05, 4.69) is 27.7 Å². The summed E-state index contributed by atoms with van der Waals surface area (Å²) in [6.07, 6.45) is 12.4. The molecule has 0 bridgehead atoms. The van der Waals surface area contributed by atoms with Gasteiger partial charge in [-0.3, -0.25) is 0 Å². The number of halogens is 1. The molecule has 1 aromatic carbocycles. The molecule has 0 heterocycles. The van der Waals surface area contributed by atoms with Crippen molar-refractivity contribution < 1.29 is 9.90 Å². The Morgan fingerprint density at radius 3 is 1.42 bits per heavy atom. The lowest BCUT2D eigenvalue weighted by Crippen LogP contribution is -2.14. The Balaban J connectivity index is 3.65. The molecule has 0 saturated heterocycles. The summed E-state index contributed by atoms with van der Waals surface area (Å²) in [6, 6.07) is 0. The largest absolute Gasteiger partial charge is 0.478 e. The number of hydrogen-bond donors (Lipinski definition) is 1. The highest BCUT2D eigenvalue weighted by molar-refractivity contribution is 6.34. The molecule has 0 atom stereocenters. The van der Waals surface area contributed by atoms with Crippen LogP contribution in [0.25, 0.3) is 0 Å².